The van der Waals surface area contributed by atoms with Crippen LogP contribution in [0.3, 0.4) is 0 Å². The molecule has 0 aromatic heterocycles. The van der Waals surface area contributed by atoms with E-state index in [1.807, 2.05) is 17.8 Å². The standard InChI is InChI=1S/C16H17F3N2OS/c17-16(18,19)13-2-1-11(9-20)7-14(13)21-12-3-5-22-15(8-12)4-6-23-10-15/h1-2,7,12,21H,3-6,8,10H2/t12-,15+/m1/s1. The van der Waals surface area contributed by atoms with Crippen molar-refractivity contribution in [2.75, 3.05) is 23.4 Å². The normalized spacial score (nSPS) is 27.8. The van der Waals surface area contributed by atoms with Crippen molar-refractivity contribution in [3.05, 3.63) is 29.3 Å². The Bertz CT molecular complexity index is 621. The molecule has 0 bridgehead atoms. The lowest BCUT2D eigenvalue weighted by Crippen LogP contribution is -2.44. The summed E-state index contributed by atoms with van der Waals surface area (Å²) in [5.41, 5.74) is -0.716. The summed E-state index contributed by atoms with van der Waals surface area (Å²) in [6, 6.07) is 5.29. The van der Waals surface area contributed by atoms with Gasteiger partial charge in [-0.2, -0.15) is 30.2 Å². The topological polar surface area (TPSA) is 45.0 Å². The lowest BCUT2D eigenvalue weighted by atomic mass is 9.89. The second-order valence-electron chi connectivity index (χ2n) is 6.04. The van der Waals surface area contributed by atoms with Crippen LogP contribution in [-0.2, 0) is 10.9 Å². The Kier molecular flexibility index (Phi) is 4.47. The van der Waals surface area contributed by atoms with Gasteiger partial charge in [-0.1, -0.05) is 0 Å². The van der Waals surface area contributed by atoms with Gasteiger partial charge in [-0.3, -0.25) is 0 Å². The molecule has 0 radical (unpaired) electrons. The number of alkyl halides is 3. The van der Waals surface area contributed by atoms with Crippen LogP contribution in [0.5, 0.6) is 0 Å². The molecule has 2 aliphatic rings. The maximum Gasteiger partial charge on any atom is 0.418 e. The number of nitriles is 1. The molecule has 2 heterocycles. The van der Waals surface area contributed by atoms with E-state index >= 15 is 0 Å². The first-order chi connectivity index (χ1) is 10.9. The van der Waals surface area contributed by atoms with Crippen LogP contribution in [0.2, 0.25) is 0 Å². The lowest BCUT2D eigenvalue weighted by Gasteiger charge is -2.38. The fourth-order valence-corrected chi connectivity index (χ4v) is 4.59. The molecule has 1 aromatic carbocycles. The maximum absolute atomic E-state index is 13.2. The van der Waals surface area contributed by atoms with Gasteiger partial charge in [-0.05, 0) is 43.2 Å². The van der Waals surface area contributed by atoms with Gasteiger partial charge in [0.2, 0.25) is 0 Å². The van der Waals surface area contributed by atoms with Gasteiger partial charge in [0, 0.05) is 24.1 Å². The minimum absolute atomic E-state index is 0.00995. The van der Waals surface area contributed by atoms with Gasteiger partial charge in [0.1, 0.15) is 0 Å². The van der Waals surface area contributed by atoms with Gasteiger partial charge in [0.25, 0.3) is 0 Å². The molecule has 2 atom stereocenters. The third-order valence-corrected chi connectivity index (χ3v) is 5.60. The van der Waals surface area contributed by atoms with Crippen LogP contribution in [0.4, 0.5) is 18.9 Å². The smallest absolute Gasteiger partial charge is 0.382 e. The van der Waals surface area contributed by atoms with Crippen molar-refractivity contribution in [1.29, 1.82) is 5.26 Å². The Morgan fingerprint density at radius 3 is 2.87 bits per heavy atom. The Morgan fingerprint density at radius 2 is 2.22 bits per heavy atom. The number of hydrogen-bond acceptors (Lipinski definition) is 4. The predicted molar refractivity (Wildman–Crippen MR) is 83.4 cm³/mol. The molecule has 1 aromatic rings. The molecule has 3 rings (SSSR count). The first-order valence-electron chi connectivity index (χ1n) is 7.51. The molecule has 124 valence electrons. The summed E-state index contributed by atoms with van der Waals surface area (Å²) >= 11 is 1.83. The first kappa shape index (κ1) is 16.5. The number of anilines is 1. The number of hydrogen-bond donors (Lipinski definition) is 1. The number of benzene rings is 1. The Labute approximate surface area is 137 Å². The number of nitrogens with zero attached hydrogens (tertiary/aromatic N) is 1. The zero-order valence-corrected chi connectivity index (χ0v) is 13.3. The summed E-state index contributed by atoms with van der Waals surface area (Å²) in [5.74, 6) is 1.93. The molecular formula is C16H17F3N2OS. The van der Waals surface area contributed by atoms with E-state index in [2.05, 4.69) is 5.32 Å². The predicted octanol–water partition coefficient (Wildman–Crippen LogP) is 4.04. The van der Waals surface area contributed by atoms with E-state index < -0.39 is 11.7 Å². The minimum atomic E-state index is -4.44. The summed E-state index contributed by atoms with van der Waals surface area (Å²) in [7, 11) is 0. The summed E-state index contributed by atoms with van der Waals surface area (Å²) in [5, 5.41) is 12.0. The fourth-order valence-electron chi connectivity index (χ4n) is 3.21. The van der Waals surface area contributed by atoms with Gasteiger partial charge < -0.3 is 10.1 Å². The van der Waals surface area contributed by atoms with Gasteiger partial charge >= 0.3 is 6.18 Å². The van der Waals surface area contributed by atoms with Crippen molar-refractivity contribution >= 4 is 17.4 Å². The van der Waals surface area contributed by atoms with Gasteiger partial charge in [-0.15, -0.1) is 0 Å². The SMILES string of the molecule is N#Cc1ccc(C(F)(F)F)c(N[C@@H]2CCO[C@@]3(CCSC3)C2)c1. The van der Waals surface area contributed by atoms with Crippen LogP contribution >= 0.6 is 11.8 Å². The van der Waals surface area contributed by atoms with Crippen molar-refractivity contribution in [3.8, 4) is 6.07 Å². The second kappa shape index (κ2) is 6.25. The molecule has 1 N–H and O–H groups in total. The van der Waals surface area contributed by atoms with E-state index in [0.29, 0.717) is 19.4 Å². The Hall–Kier alpha value is -1.39. The number of ether oxygens (including phenoxy) is 1. The van der Waals surface area contributed by atoms with Crippen molar-refractivity contribution in [1.82, 2.24) is 0 Å². The van der Waals surface area contributed by atoms with Crippen molar-refractivity contribution < 1.29 is 17.9 Å². The van der Waals surface area contributed by atoms with E-state index in [4.69, 9.17) is 10.00 Å². The Morgan fingerprint density at radius 1 is 1.39 bits per heavy atom. The third-order valence-electron chi connectivity index (χ3n) is 4.37. The van der Waals surface area contributed by atoms with Gasteiger partial charge in [-0.25, -0.2) is 0 Å². The minimum Gasteiger partial charge on any atom is -0.382 e. The molecule has 1 spiro atoms. The second-order valence-corrected chi connectivity index (χ2v) is 7.14. The molecule has 0 saturated carbocycles. The number of thioether (sulfide) groups is 1. The van der Waals surface area contributed by atoms with E-state index in [9.17, 15) is 13.2 Å². The largest absolute Gasteiger partial charge is 0.418 e. The summed E-state index contributed by atoms with van der Waals surface area (Å²) in [4.78, 5) is 0. The van der Waals surface area contributed by atoms with Crippen LogP contribution in [0.15, 0.2) is 18.2 Å². The molecule has 2 fully saturated rings. The highest BCUT2D eigenvalue weighted by molar-refractivity contribution is 7.99. The van der Waals surface area contributed by atoms with E-state index in [1.165, 1.54) is 12.1 Å². The van der Waals surface area contributed by atoms with Crippen LogP contribution in [0.1, 0.15) is 30.4 Å². The average molecular weight is 342 g/mol. The Balaban J connectivity index is 1.82. The first-order valence-corrected chi connectivity index (χ1v) is 8.67. The molecule has 0 amide bonds. The summed E-state index contributed by atoms with van der Waals surface area (Å²) < 4.78 is 45.4. The maximum atomic E-state index is 13.2. The quantitative estimate of drug-likeness (QED) is 0.881. The summed E-state index contributed by atoms with van der Waals surface area (Å²) in [6.45, 7) is 0.553. The van der Waals surface area contributed by atoms with Crippen molar-refractivity contribution in [3.63, 3.8) is 0 Å². The highest BCUT2D eigenvalue weighted by Crippen LogP contribution is 2.40. The highest BCUT2D eigenvalue weighted by Gasteiger charge is 2.41. The van der Waals surface area contributed by atoms with Crippen LogP contribution in [0, 0.1) is 11.3 Å². The number of nitrogens with one attached hydrogen (secondary N) is 1. The van der Waals surface area contributed by atoms with Gasteiger partial charge in [0.05, 0.1) is 22.8 Å². The molecule has 0 aliphatic carbocycles. The van der Waals surface area contributed by atoms with Crippen LogP contribution in [-0.4, -0.2) is 29.8 Å². The van der Waals surface area contributed by atoms with Crippen molar-refractivity contribution in [2.24, 2.45) is 0 Å². The molecule has 2 aliphatic heterocycles. The van der Waals surface area contributed by atoms with Crippen molar-refractivity contribution in [2.45, 2.75) is 37.1 Å². The molecular weight excluding hydrogens is 325 g/mol. The highest BCUT2D eigenvalue weighted by atomic mass is 32.2. The van der Waals surface area contributed by atoms with E-state index in [1.54, 1.807) is 0 Å². The molecule has 3 nitrogen and oxygen atoms in total. The fraction of sp³-hybridized carbons (Fsp3) is 0.562. The monoisotopic (exact) mass is 342 g/mol. The molecule has 7 heteroatoms. The number of halogens is 3. The van der Waals surface area contributed by atoms with Crippen LogP contribution in [0.25, 0.3) is 0 Å². The molecule has 2 saturated heterocycles. The van der Waals surface area contributed by atoms with E-state index in [-0.39, 0.29) is 22.9 Å². The zero-order chi connectivity index (χ0) is 16.5. The lowest BCUT2D eigenvalue weighted by molar-refractivity contribution is -0.137. The summed E-state index contributed by atoms with van der Waals surface area (Å²) in [6.07, 6.45) is -2.13. The third kappa shape index (κ3) is 3.59. The van der Waals surface area contributed by atoms with Gasteiger partial charge in [0.15, 0.2) is 0 Å². The van der Waals surface area contributed by atoms with E-state index in [0.717, 1.165) is 24.0 Å². The molecule has 23 heavy (non-hydrogen) atoms. The number of rotatable bonds is 2. The van der Waals surface area contributed by atoms with Crippen LogP contribution < -0.4 is 5.32 Å². The zero-order valence-electron chi connectivity index (χ0n) is 12.4. The molecule has 0 unspecified atom stereocenters. The average Bonchev–Trinajstić information content (AvgIpc) is 2.93.